The number of rotatable bonds is 5. The first-order valence-corrected chi connectivity index (χ1v) is 7.12. The fourth-order valence-corrected chi connectivity index (χ4v) is 2.27. The summed E-state index contributed by atoms with van der Waals surface area (Å²) in [6.07, 6.45) is 3.00. The lowest BCUT2D eigenvalue weighted by atomic mass is 10.1. The fourth-order valence-electron chi connectivity index (χ4n) is 2.15. The van der Waals surface area contributed by atoms with Gasteiger partial charge in [-0.15, -0.1) is 0 Å². The van der Waals surface area contributed by atoms with Gasteiger partial charge in [0.15, 0.2) is 0 Å². The molecule has 0 aliphatic rings. The van der Waals surface area contributed by atoms with Gasteiger partial charge in [0.2, 0.25) is 0 Å². The summed E-state index contributed by atoms with van der Waals surface area (Å²) in [6.45, 7) is -0.217. The number of nitriles is 1. The van der Waals surface area contributed by atoms with Crippen molar-refractivity contribution in [1.82, 2.24) is 4.98 Å². The molecule has 2 rings (SSSR count). The van der Waals surface area contributed by atoms with E-state index in [1.807, 2.05) is 0 Å². The van der Waals surface area contributed by atoms with Crippen LogP contribution in [0.15, 0.2) is 29.1 Å². The first-order valence-electron chi connectivity index (χ1n) is 6.74. The molecule has 0 atom stereocenters. The van der Waals surface area contributed by atoms with Gasteiger partial charge < -0.3 is 9.72 Å². The Morgan fingerprint density at radius 2 is 2.04 bits per heavy atom. The van der Waals surface area contributed by atoms with Crippen molar-refractivity contribution in [1.29, 1.82) is 5.26 Å². The quantitative estimate of drug-likeness (QED) is 0.661. The van der Waals surface area contributed by atoms with Crippen LogP contribution in [0, 0.1) is 21.4 Å². The maximum Gasteiger partial charge on any atom is 0.299 e. The molecule has 0 saturated carbocycles. The third kappa shape index (κ3) is 3.68. The zero-order chi connectivity index (χ0) is 17.7. The van der Waals surface area contributed by atoms with Crippen LogP contribution < -0.4 is 5.56 Å². The number of hydrogen-bond donors (Lipinski definition) is 1. The maximum absolute atomic E-state index is 12.0. The third-order valence-corrected chi connectivity index (χ3v) is 3.47. The van der Waals surface area contributed by atoms with Gasteiger partial charge in [-0.3, -0.25) is 14.9 Å². The molecule has 24 heavy (non-hydrogen) atoms. The number of nitrogens with zero attached hydrogens (tertiary/aromatic N) is 2. The SMILES string of the molecule is COCc1c([N+](=O)[O-])c(C=Cc2ccc(Cl)cc2)[nH]c(=O)c1C#N. The van der Waals surface area contributed by atoms with Crippen LogP contribution in [0.25, 0.3) is 12.2 Å². The predicted octanol–water partition coefficient (Wildman–Crippen LogP) is 3.12. The summed E-state index contributed by atoms with van der Waals surface area (Å²) in [5, 5.41) is 21.1. The van der Waals surface area contributed by atoms with Gasteiger partial charge >= 0.3 is 0 Å². The number of aromatic nitrogens is 1. The number of benzene rings is 1. The number of ether oxygens (including phenoxy) is 1. The molecule has 0 amide bonds. The Morgan fingerprint density at radius 1 is 1.38 bits per heavy atom. The van der Waals surface area contributed by atoms with E-state index in [2.05, 4.69) is 4.98 Å². The standard InChI is InChI=1S/C16H12ClN3O4/c1-24-9-13-12(8-18)16(21)19-14(15(13)20(22)23)7-4-10-2-5-11(17)6-3-10/h2-7H,9H2,1H3,(H,19,21). The molecule has 1 aromatic carbocycles. The predicted molar refractivity (Wildman–Crippen MR) is 89.5 cm³/mol. The average Bonchev–Trinajstić information content (AvgIpc) is 2.54. The summed E-state index contributed by atoms with van der Waals surface area (Å²) in [5.74, 6) is 0. The number of aromatic amines is 1. The Labute approximate surface area is 141 Å². The number of H-pyrrole nitrogens is 1. The van der Waals surface area contributed by atoms with E-state index in [9.17, 15) is 14.9 Å². The third-order valence-electron chi connectivity index (χ3n) is 3.21. The minimum atomic E-state index is -0.703. The smallest absolute Gasteiger partial charge is 0.299 e. The van der Waals surface area contributed by atoms with Gasteiger partial charge in [-0.2, -0.15) is 5.26 Å². The average molecular weight is 346 g/mol. The zero-order valence-corrected chi connectivity index (χ0v) is 13.3. The molecule has 0 saturated heterocycles. The Balaban J connectivity index is 2.61. The number of pyridine rings is 1. The lowest BCUT2D eigenvalue weighted by Gasteiger charge is -2.06. The van der Waals surface area contributed by atoms with Gasteiger partial charge in [-0.1, -0.05) is 29.8 Å². The molecule has 2 aromatic rings. The lowest BCUT2D eigenvalue weighted by Crippen LogP contribution is -2.18. The van der Waals surface area contributed by atoms with E-state index in [1.165, 1.54) is 13.2 Å². The molecule has 0 fully saturated rings. The molecular formula is C16H12ClN3O4. The van der Waals surface area contributed by atoms with E-state index in [4.69, 9.17) is 21.6 Å². The highest BCUT2D eigenvalue weighted by Gasteiger charge is 2.25. The summed E-state index contributed by atoms with van der Waals surface area (Å²) in [6, 6.07) is 8.48. The largest absolute Gasteiger partial charge is 0.380 e. The van der Waals surface area contributed by atoms with Crippen molar-refractivity contribution in [2.75, 3.05) is 7.11 Å². The van der Waals surface area contributed by atoms with E-state index in [0.29, 0.717) is 5.02 Å². The second-order valence-corrected chi connectivity index (χ2v) is 5.19. The maximum atomic E-state index is 12.0. The summed E-state index contributed by atoms with van der Waals surface area (Å²) >= 11 is 5.80. The van der Waals surface area contributed by atoms with Crippen molar-refractivity contribution >= 4 is 29.4 Å². The van der Waals surface area contributed by atoms with Gasteiger partial charge in [0.25, 0.3) is 11.2 Å². The molecule has 1 N–H and O–H groups in total. The Hall–Kier alpha value is -2.95. The molecule has 0 aliphatic heterocycles. The highest BCUT2D eigenvalue weighted by atomic mass is 35.5. The first kappa shape index (κ1) is 17.4. The molecule has 8 heteroatoms. The van der Waals surface area contributed by atoms with Gasteiger partial charge in [0, 0.05) is 12.1 Å². The Morgan fingerprint density at radius 3 is 2.58 bits per heavy atom. The molecule has 7 nitrogen and oxygen atoms in total. The van der Waals surface area contributed by atoms with Gasteiger partial charge in [0.1, 0.15) is 17.3 Å². The van der Waals surface area contributed by atoms with Gasteiger partial charge in [-0.05, 0) is 23.8 Å². The number of halogens is 1. The topological polar surface area (TPSA) is 109 Å². The monoisotopic (exact) mass is 345 g/mol. The van der Waals surface area contributed by atoms with Crippen LogP contribution in [0.2, 0.25) is 5.02 Å². The number of hydrogen-bond acceptors (Lipinski definition) is 5. The van der Waals surface area contributed by atoms with Crippen molar-refractivity contribution in [3.05, 3.63) is 72.1 Å². The van der Waals surface area contributed by atoms with E-state index >= 15 is 0 Å². The van der Waals surface area contributed by atoms with Crippen LogP contribution in [0.3, 0.4) is 0 Å². The molecule has 122 valence electrons. The molecule has 0 bridgehead atoms. The highest BCUT2D eigenvalue weighted by Crippen LogP contribution is 2.26. The van der Waals surface area contributed by atoms with Crippen LogP contribution in [-0.2, 0) is 11.3 Å². The highest BCUT2D eigenvalue weighted by molar-refractivity contribution is 6.30. The van der Waals surface area contributed by atoms with Gasteiger partial charge in [0.05, 0.1) is 17.1 Å². The normalized spacial score (nSPS) is 10.7. The molecule has 0 aliphatic carbocycles. The number of methoxy groups -OCH3 is 1. The van der Waals surface area contributed by atoms with Crippen LogP contribution in [0.4, 0.5) is 5.69 Å². The first-order chi connectivity index (χ1) is 11.5. The zero-order valence-electron chi connectivity index (χ0n) is 12.6. The minimum absolute atomic E-state index is 0.00833. The van der Waals surface area contributed by atoms with Crippen molar-refractivity contribution < 1.29 is 9.66 Å². The molecule has 0 radical (unpaired) electrons. The van der Waals surface area contributed by atoms with Gasteiger partial charge in [-0.25, -0.2) is 0 Å². The van der Waals surface area contributed by atoms with Crippen LogP contribution >= 0.6 is 11.6 Å². The lowest BCUT2D eigenvalue weighted by molar-refractivity contribution is -0.386. The van der Waals surface area contributed by atoms with E-state index < -0.39 is 10.5 Å². The number of nitro groups is 1. The summed E-state index contributed by atoms with van der Waals surface area (Å²) < 4.78 is 4.90. The van der Waals surface area contributed by atoms with Crippen molar-refractivity contribution in [3.63, 3.8) is 0 Å². The van der Waals surface area contributed by atoms with E-state index in [1.54, 1.807) is 36.4 Å². The van der Waals surface area contributed by atoms with Crippen molar-refractivity contribution in [3.8, 4) is 6.07 Å². The second kappa shape index (κ2) is 7.55. The Kier molecular flexibility index (Phi) is 5.47. The molecule has 1 aromatic heterocycles. The van der Waals surface area contributed by atoms with Crippen LogP contribution in [0.5, 0.6) is 0 Å². The van der Waals surface area contributed by atoms with Crippen LogP contribution in [0.1, 0.15) is 22.4 Å². The molecule has 0 unspecified atom stereocenters. The Bertz CT molecular complexity index is 895. The fraction of sp³-hybridized carbons (Fsp3) is 0.125. The number of nitrogens with one attached hydrogen (secondary N) is 1. The second-order valence-electron chi connectivity index (χ2n) is 4.76. The molecule has 0 spiro atoms. The van der Waals surface area contributed by atoms with Crippen LogP contribution in [-0.4, -0.2) is 17.0 Å². The van der Waals surface area contributed by atoms with Crippen molar-refractivity contribution in [2.24, 2.45) is 0 Å². The molecule has 1 heterocycles. The van der Waals surface area contributed by atoms with E-state index in [0.717, 1.165) is 5.56 Å². The molecular weight excluding hydrogens is 334 g/mol. The van der Waals surface area contributed by atoms with E-state index in [-0.39, 0.29) is 29.1 Å². The summed E-state index contributed by atoms with van der Waals surface area (Å²) in [4.78, 5) is 25.1. The summed E-state index contributed by atoms with van der Waals surface area (Å²) in [7, 11) is 1.33. The summed E-state index contributed by atoms with van der Waals surface area (Å²) in [5.41, 5.74) is -0.709. The minimum Gasteiger partial charge on any atom is -0.380 e. The van der Waals surface area contributed by atoms with Crippen molar-refractivity contribution in [2.45, 2.75) is 6.61 Å².